The number of rotatable bonds is 4. The molecule has 1 aromatic rings. The van der Waals surface area contributed by atoms with Gasteiger partial charge in [-0.25, -0.2) is 0 Å². The number of pyridine rings is 1. The average Bonchev–Trinajstić information content (AvgIpc) is 2.16. The molecule has 0 fully saturated rings. The molecule has 1 heterocycles. The van der Waals surface area contributed by atoms with Crippen LogP contribution in [0.15, 0.2) is 22.8 Å². The summed E-state index contributed by atoms with van der Waals surface area (Å²) < 4.78 is 1.02. The topological polar surface area (TPSA) is 12.9 Å². The zero-order valence-corrected chi connectivity index (χ0v) is 10.8. The van der Waals surface area contributed by atoms with Gasteiger partial charge in [0.2, 0.25) is 0 Å². The molecule has 0 aromatic carbocycles. The first-order valence-electron chi connectivity index (χ1n) is 4.88. The predicted molar refractivity (Wildman–Crippen MR) is 64.7 cm³/mol. The van der Waals surface area contributed by atoms with E-state index in [0.29, 0.717) is 5.92 Å². The Labute approximate surface area is 99.0 Å². The van der Waals surface area contributed by atoms with E-state index < -0.39 is 0 Å². The van der Waals surface area contributed by atoms with E-state index >= 15 is 0 Å². The van der Waals surface area contributed by atoms with E-state index in [1.54, 1.807) is 0 Å². The van der Waals surface area contributed by atoms with E-state index in [2.05, 4.69) is 34.8 Å². The molecule has 2 unspecified atom stereocenters. The first kappa shape index (κ1) is 12.0. The molecule has 0 saturated carbocycles. The van der Waals surface area contributed by atoms with Gasteiger partial charge < -0.3 is 0 Å². The van der Waals surface area contributed by atoms with Gasteiger partial charge in [-0.2, -0.15) is 0 Å². The lowest BCUT2D eigenvalue weighted by molar-refractivity contribution is 0.492. The van der Waals surface area contributed by atoms with E-state index in [-0.39, 0.29) is 5.38 Å². The molecule has 1 rings (SSSR count). The molecule has 1 nitrogen and oxygen atoms in total. The molecular weight excluding hydrogens is 261 g/mol. The Balaban J connectivity index is 2.63. The van der Waals surface area contributed by atoms with Crippen molar-refractivity contribution in [3.63, 3.8) is 0 Å². The van der Waals surface area contributed by atoms with Crippen LogP contribution in [0.2, 0.25) is 0 Å². The summed E-state index contributed by atoms with van der Waals surface area (Å²) in [5, 5.41) is 0.213. The van der Waals surface area contributed by atoms with Gasteiger partial charge >= 0.3 is 0 Å². The molecule has 0 N–H and O–H groups in total. The van der Waals surface area contributed by atoms with Crippen molar-refractivity contribution in [3.8, 4) is 0 Å². The minimum atomic E-state index is 0.213. The maximum Gasteiger partial charge on any atom is 0.0413 e. The Hall–Kier alpha value is -0.0800. The van der Waals surface area contributed by atoms with Gasteiger partial charge in [-0.3, -0.25) is 4.98 Å². The molecule has 0 aliphatic carbocycles. The van der Waals surface area contributed by atoms with E-state index in [4.69, 9.17) is 11.6 Å². The summed E-state index contributed by atoms with van der Waals surface area (Å²) in [5.41, 5.74) is 1.12. The van der Waals surface area contributed by atoms with Crippen LogP contribution in [0.1, 0.15) is 26.0 Å². The third-order valence-corrected chi connectivity index (χ3v) is 3.26. The van der Waals surface area contributed by atoms with Crippen LogP contribution in [0.4, 0.5) is 0 Å². The second kappa shape index (κ2) is 5.72. The maximum atomic E-state index is 6.09. The first-order chi connectivity index (χ1) is 6.63. The van der Waals surface area contributed by atoms with Crippen molar-refractivity contribution in [3.05, 3.63) is 28.5 Å². The Bertz CT molecular complexity index is 271. The van der Waals surface area contributed by atoms with E-state index in [0.717, 1.165) is 23.0 Å². The average molecular weight is 277 g/mol. The van der Waals surface area contributed by atoms with Gasteiger partial charge in [0, 0.05) is 21.7 Å². The van der Waals surface area contributed by atoms with Gasteiger partial charge in [-0.05, 0) is 47.3 Å². The highest BCUT2D eigenvalue weighted by molar-refractivity contribution is 9.10. The van der Waals surface area contributed by atoms with Gasteiger partial charge in [-0.1, -0.05) is 13.3 Å². The molecule has 2 atom stereocenters. The van der Waals surface area contributed by atoms with Crippen molar-refractivity contribution in [2.24, 2.45) is 5.92 Å². The Kier molecular flexibility index (Phi) is 4.90. The van der Waals surface area contributed by atoms with Crippen molar-refractivity contribution < 1.29 is 0 Å². The van der Waals surface area contributed by atoms with Gasteiger partial charge in [0.15, 0.2) is 0 Å². The number of hydrogen-bond donors (Lipinski definition) is 0. The van der Waals surface area contributed by atoms with Crippen LogP contribution >= 0.6 is 27.5 Å². The smallest absolute Gasteiger partial charge is 0.0413 e. The van der Waals surface area contributed by atoms with Crippen LogP contribution in [0.5, 0.6) is 0 Å². The van der Waals surface area contributed by atoms with Crippen molar-refractivity contribution in [1.82, 2.24) is 4.98 Å². The highest BCUT2D eigenvalue weighted by Gasteiger charge is 2.13. The summed E-state index contributed by atoms with van der Waals surface area (Å²) in [4.78, 5) is 4.34. The van der Waals surface area contributed by atoms with E-state index in [9.17, 15) is 0 Å². The van der Waals surface area contributed by atoms with Gasteiger partial charge in [-0.15, -0.1) is 11.6 Å². The quantitative estimate of drug-likeness (QED) is 0.756. The predicted octanol–water partition coefficient (Wildman–Crippen LogP) is 4.04. The van der Waals surface area contributed by atoms with Gasteiger partial charge in [0.1, 0.15) is 0 Å². The van der Waals surface area contributed by atoms with Crippen LogP contribution in [-0.2, 0) is 6.42 Å². The molecule has 0 spiro atoms. The van der Waals surface area contributed by atoms with E-state index in [1.165, 1.54) is 0 Å². The Morgan fingerprint density at radius 3 is 2.64 bits per heavy atom. The molecule has 0 bridgehead atoms. The fourth-order valence-electron chi connectivity index (χ4n) is 1.43. The zero-order valence-electron chi connectivity index (χ0n) is 8.50. The molecule has 0 radical (unpaired) electrons. The highest BCUT2D eigenvalue weighted by atomic mass is 79.9. The SMILES string of the molecule is CCC(Cc1ccc(Br)cn1)C(C)Cl. The molecule has 3 heteroatoms. The second-order valence-electron chi connectivity index (χ2n) is 3.52. The van der Waals surface area contributed by atoms with Crippen LogP contribution in [0.25, 0.3) is 0 Å². The molecule has 1 aromatic heterocycles. The van der Waals surface area contributed by atoms with Crippen molar-refractivity contribution in [1.29, 1.82) is 0 Å². The minimum Gasteiger partial charge on any atom is -0.260 e. The Morgan fingerprint density at radius 2 is 2.21 bits per heavy atom. The maximum absolute atomic E-state index is 6.09. The lowest BCUT2D eigenvalue weighted by Gasteiger charge is -2.16. The lowest BCUT2D eigenvalue weighted by atomic mass is 9.97. The van der Waals surface area contributed by atoms with Crippen LogP contribution in [0.3, 0.4) is 0 Å². The number of halogens is 2. The summed E-state index contributed by atoms with van der Waals surface area (Å²) in [6.45, 7) is 4.22. The van der Waals surface area contributed by atoms with Crippen molar-refractivity contribution >= 4 is 27.5 Å². The summed E-state index contributed by atoms with van der Waals surface area (Å²) in [7, 11) is 0. The normalized spacial score (nSPS) is 15.1. The van der Waals surface area contributed by atoms with Crippen LogP contribution < -0.4 is 0 Å². The summed E-state index contributed by atoms with van der Waals surface area (Å²) in [6, 6.07) is 4.07. The van der Waals surface area contributed by atoms with E-state index in [1.807, 2.05) is 18.3 Å². The number of nitrogens with zero attached hydrogens (tertiary/aromatic N) is 1. The molecule has 0 saturated heterocycles. The molecular formula is C11H15BrClN. The molecule has 0 aliphatic rings. The fourth-order valence-corrected chi connectivity index (χ4v) is 1.93. The van der Waals surface area contributed by atoms with Gasteiger partial charge in [0.05, 0.1) is 0 Å². The summed E-state index contributed by atoms with van der Waals surface area (Å²) >= 11 is 9.46. The van der Waals surface area contributed by atoms with Crippen molar-refractivity contribution in [2.75, 3.05) is 0 Å². The lowest BCUT2D eigenvalue weighted by Crippen LogP contribution is -2.14. The van der Waals surface area contributed by atoms with Gasteiger partial charge in [0.25, 0.3) is 0 Å². The molecule has 0 aliphatic heterocycles. The summed E-state index contributed by atoms with van der Waals surface area (Å²) in [6.07, 6.45) is 3.90. The highest BCUT2D eigenvalue weighted by Crippen LogP contribution is 2.19. The standard InChI is InChI=1S/C11H15BrClN/c1-3-9(8(2)13)6-11-5-4-10(12)7-14-11/h4-5,7-9H,3,6H2,1-2H3. The third kappa shape index (κ3) is 3.58. The van der Waals surface area contributed by atoms with Crippen LogP contribution in [-0.4, -0.2) is 10.4 Å². The first-order valence-corrected chi connectivity index (χ1v) is 6.11. The van der Waals surface area contributed by atoms with Crippen molar-refractivity contribution in [2.45, 2.75) is 32.1 Å². The molecule has 0 amide bonds. The summed E-state index contributed by atoms with van der Waals surface area (Å²) in [5.74, 6) is 0.519. The Morgan fingerprint density at radius 1 is 1.50 bits per heavy atom. The monoisotopic (exact) mass is 275 g/mol. The number of hydrogen-bond acceptors (Lipinski definition) is 1. The number of aromatic nitrogens is 1. The minimum absolute atomic E-state index is 0.213. The third-order valence-electron chi connectivity index (χ3n) is 2.43. The number of alkyl halides is 1. The van der Waals surface area contributed by atoms with Crippen LogP contribution in [0, 0.1) is 5.92 Å². The fraction of sp³-hybridized carbons (Fsp3) is 0.545. The molecule has 78 valence electrons. The second-order valence-corrected chi connectivity index (χ2v) is 5.12. The largest absolute Gasteiger partial charge is 0.260 e. The zero-order chi connectivity index (χ0) is 10.6. The molecule has 14 heavy (non-hydrogen) atoms.